The van der Waals surface area contributed by atoms with Crippen LogP contribution in [0.5, 0.6) is 0 Å². The summed E-state index contributed by atoms with van der Waals surface area (Å²) in [4.78, 5) is 0. The monoisotopic (exact) mass is 596 g/mol. The maximum absolute atomic E-state index is 10.5. The number of aliphatic hydroxyl groups excluding tert-OH is 8. The van der Waals surface area contributed by atoms with Crippen LogP contribution in [0.25, 0.3) is 0 Å². The molecule has 2 aliphatic heterocycles. The average Bonchev–Trinajstić information content (AvgIpc) is 2.97. The minimum absolute atomic E-state index is 0.0503. The first-order valence-corrected chi connectivity index (χ1v) is 15.5. The molecule has 0 aromatic carbocycles. The molecule has 0 aromatic rings. The largest absolute Gasteiger partial charge is 0.394 e. The Kier molecular flexibility index (Phi) is 17.0. The molecule has 2 rings (SSSR count). The first kappa shape index (κ1) is 36.7. The highest BCUT2D eigenvalue weighted by Crippen LogP contribution is 2.36. The number of ether oxygens (including phenoxy) is 4. The van der Waals surface area contributed by atoms with Crippen molar-refractivity contribution in [2.75, 3.05) is 26.4 Å². The topological polar surface area (TPSA) is 199 Å². The molecule has 12 heteroatoms. The summed E-state index contributed by atoms with van der Waals surface area (Å²) in [5.41, 5.74) is -0.629. The number of hydrogen-bond donors (Lipinski definition) is 8. The molecule has 0 unspecified atom stereocenters. The molecule has 2 saturated heterocycles. The maximum Gasteiger partial charge on any atom is 0.186 e. The fourth-order valence-electron chi connectivity index (χ4n) is 5.59. The van der Waals surface area contributed by atoms with Gasteiger partial charge in [-0.25, -0.2) is 0 Å². The van der Waals surface area contributed by atoms with Crippen molar-refractivity contribution < 1.29 is 59.8 Å². The highest BCUT2D eigenvalue weighted by atomic mass is 16.7. The van der Waals surface area contributed by atoms with Gasteiger partial charge >= 0.3 is 0 Å². The van der Waals surface area contributed by atoms with Crippen molar-refractivity contribution >= 4 is 0 Å². The van der Waals surface area contributed by atoms with E-state index in [1.807, 2.05) is 0 Å². The lowest BCUT2D eigenvalue weighted by Gasteiger charge is -2.43. The lowest BCUT2D eigenvalue weighted by atomic mass is 9.79. The second-order valence-corrected chi connectivity index (χ2v) is 11.8. The molecule has 244 valence electrons. The lowest BCUT2D eigenvalue weighted by Crippen LogP contribution is -2.60. The van der Waals surface area contributed by atoms with Crippen LogP contribution in [0.1, 0.15) is 90.9 Å². The van der Waals surface area contributed by atoms with Crippen molar-refractivity contribution in [2.24, 2.45) is 5.41 Å². The second-order valence-electron chi connectivity index (χ2n) is 11.8. The van der Waals surface area contributed by atoms with E-state index in [4.69, 9.17) is 18.9 Å². The van der Waals surface area contributed by atoms with Gasteiger partial charge < -0.3 is 59.8 Å². The summed E-state index contributed by atoms with van der Waals surface area (Å²) in [6, 6.07) is 0. The van der Waals surface area contributed by atoms with E-state index in [-0.39, 0.29) is 13.2 Å². The Morgan fingerprint density at radius 3 is 1.22 bits per heavy atom. The molecular formula is C29H56O12. The minimum atomic E-state index is -1.56. The fourth-order valence-corrected chi connectivity index (χ4v) is 5.59. The molecule has 0 saturated carbocycles. The van der Waals surface area contributed by atoms with Crippen LogP contribution in [0, 0.1) is 5.41 Å². The minimum Gasteiger partial charge on any atom is -0.394 e. The van der Waals surface area contributed by atoms with Crippen molar-refractivity contribution in [2.45, 2.75) is 152 Å². The first-order chi connectivity index (χ1) is 19.6. The summed E-state index contributed by atoms with van der Waals surface area (Å²) >= 11 is 0. The van der Waals surface area contributed by atoms with Crippen LogP contribution in [0.15, 0.2) is 0 Å². The molecule has 0 radical (unpaired) electrons. The molecule has 10 atom stereocenters. The summed E-state index contributed by atoms with van der Waals surface area (Å²) in [6.45, 7) is 3.26. The van der Waals surface area contributed by atoms with Gasteiger partial charge in [-0.3, -0.25) is 0 Å². The maximum atomic E-state index is 10.5. The quantitative estimate of drug-likeness (QED) is 0.0898. The highest BCUT2D eigenvalue weighted by molar-refractivity contribution is 4.91. The molecule has 0 aliphatic carbocycles. The SMILES string of the molecule is CCCCCCCC(CCCCCCC)(CO[C@@H]1O[C@H](CO)[C@@H](O)[C@H](O)[C@H]1O)CO[C@@H]1O[C@H](CO)[C@@H](O)[C@H](O)[C@H]1O. The van der Waals surface area contributed by atoms with E-state index in [1.165, 1.54) is 0 Å². The van der Waals surface area contributed by atoms with E-state index < -0.39 is 80.0 Å². The van der Waals surface area contributed by atoms with E-state index in [9.17, 15) is 40.9 Å². The van der Waals surface area contributed by atoms with Crippen LogP contribution in [-0.4, -0.2) is 129 Å². The molecule has 2 heterocycles. The molecule has 41 heavy (non-hydrogen) atoms. The second kappa shape index (κ2) is 19.0. The van der Waals surface area contributed by atoms with Crippen molar-refractivity contribution in [1.29, 1.82) is 0 Å². The standard InChI is InChI=1S/C29H56O12/c1-3-5-7-9-11-13-29(14-12-10-8-6-4-2,17-38-27-25(36)23(34)21(32)19(15-30)40-27)18-39-28-26(37)24(35)22(33)20(16-31)41-28/h19-28,30-37H,3-18H2,1-2H3/t19-,20-,21-,22-,23+,24+,25-,26-,27-,28-/m1/s1. The number of aliphatic hydroxyl groups is 8. The highest BCUT2D eigenvalue weighted by Gasteiger charge is 2.47. The van der Waals surface area contributed by atoms with Gasteiger partial charge in [0, 0.05) is 5.41 Å². The van der Waals surface area contributed by atoms with Gasteiger partial charge in [0.15, 0.2) is 12.6 Å². The molecule has 2 fully saturated rings. The smallest absolute Gasteiger partial charge is 0.186 e. The Hall–Kier alpha value is -0.480. The van der Waals surface area contributed by atoms with Crippen LogP contribution in [0.3, 0.4) is 0 Å². The third-order valence-corrected chi connectivity index (χ3v) is 8.43. The number of rotatable bonds is 20. The summed E-state index contributed by atoms with van der Waals surface area (Å²) in [5, 5.41) is 81.0. The van der Waals surface area contributed by atoms with Gasteiger partial charge in [-0.15, -0.1) is 0 Å². The molecule has 0 bridgehead atoms. The van der Waals surface area contributed by atoms with Gasteiger partial charge in [0.1, 0.15) is 48.8 Å². The van der Waals surface area contributed by atoms with Gasteiger partial charge in [0.05, 0.1) is 26.4 Å². The van der Waals surface area contributed by atoms with Crippen LogP contribution in [-0.2, 0) is 18.9 Å². The third kappa shape index (κ3) is 10.9. The Balaban J connectivity index is 2.22. The summed E-state index contributed by atoms with van der Waals surface area (Å²) in [5.74, 6) is 0. The predicted octanol–water partition coefficient (Wildman–Crippen LogP) is 0.327. The average molecular weight is 597 g/mol. The Morgan fingerprint density at radius 1 is 0.512 bits per heavy atom. The lowest BCUT2D eigenvalue weighted by molar-refractivity contribution is -0.319. The summed E-state index contributed by atoms with van der Waals surface area (Å²) in [7, 11) is 0. The summed E-state index contributed by atoms with van der Waals surface area (Å²) in [6.07, 6.45) is -2.31. The number of hydrogen-bond acceptors (Lipinski definition) is 12. The van der Waals surface area contributed by atoms with Crippen LogP contribution >= 0.6 is 0 Å². The van der Waals surface area contributed by atoms with Gasteiger partial charge in [-0.2, -0.15) is 0 Å². The van der Waals surface area contributed by atoms with Gasteiger partial charge in [-0.05, 0) is 12.8 Å². The van der Waals surface area contributed by atoms with E-state index >= 15 is 0 Å². The first-order valence-electron chi connectivity index (χ1n) is 15.5. The van der Waals surface area contributed by atoms with E-state index in [1.54, 1.807) is 0 Å². The van der Waals surface area contributed by atoms with E-state index in [0.29, 0.717) is 12.8 Å². The Labute approximate surface area is 244 Å². The van der Waals surface area contributed by atoms with Crippen molar-refractivity contribution in [3.63, 3.8) is 0 Å². The van der Waals surface area contributed by atoms with E-state index in [0.717, 1.165) is 64.2 Å². The molecule has 2 aliphatic rings. The van der Waals surface area contributed by atoms with Crippen LogP contribution in [0.2, 0.25) is 0 Å². The Morgan fingerprint density at radius 2 is 0.878 bits per heavy atom. The summed E-state index contributed by atoms with van der Waals surface area (Å²) < 4.78 is 23.3. The zero-order chi connectivity index (χ0) is 30.4. The molecule has 0 aromatic heterocycles. The van der Waals surface area contributed by atoms with Gasteiger partial charge in [0.25, 0.3) is 0 Å². The van der Waals surface area contributed by atoms with Gasteiger partial charge in [-0.1, -0.05) is 78.1 Å². The molecular weight excluding hydrogens is 540 g/mol. The van der Waals surface area contributed by atoms with Crippen molar-refractivity contribution in [1.82, 2.24) is 0 Å². The normalized spacial score (nSPS) is 34.7. The van der Waals surface area contributed by atoms with Crippen LogP contribution < -0.4 is 0 Å². The van der Waals surface area contributed by atoms with Crippen LogP contribution in [0.4, 0.5) is 0 Å². The zero-order valence-electron chi connectivity index (χ0n) is 24.8. The van der Waals surface area contributed by atoms with Gasteiger partial charge in [0.2, 0.25) is 0 Å². The fraction of sp³-hybridized carbons (Fsp3) is 1.00. The predicted molar refractivity (Wildman–Crippen MR) is 149 cm³/mol. The Bertz CT molecular complexity index is 624. The number of unbranched alkanes of at least 4 members (excludes halogenated alkanes) is 8. The van der Waals surface area contributed by atoms with E-state index in [2.05, 4.69) is 13.8 Å². The molecule has 8 N–H and O–H groups in total. The third-order valence-electron chi connectivity index (χ3n) is 8.43. The molecule has 12 nitrogen and oxygen atoms in total. The molecule has 0 spiro atoms. The van der Waals surface area contributed by atoms with Crippen molar-refractivity contribution in [3.8, 4) is 0 Å². The molecule has 0 amide bonds. The zero-order valence-corrected chi connectivity index (χ0v) is 24.8. The van der Waals surface area contributed by atoms with Crippen molar-refractivity contribution in [3.05, 3.63) is 0 Å².